The van der Waals surface area contributed by atoms with Crippen LogP contribution in [-0.4, -0.2) is 18.3 Å². The van der Waals surface area contributed by atoms with Gasteiger partial charge < -0.3 is 5.32 Å². The van der Waals surface area contributed by atoms with E-state index in [9.17, 15) is 4.79 Å². The van der Waals surface area contributed by atoms with Gasteiger partial charge in [-0.3, -0.25) is 4.79 Å². The van der Waals surface area contributed by atoms with Gasteiger partial charge in [-0.25, -0.2) is 0 Å². The summed E-state index contributed by atoms with van der Waals surface area (Å²) in [6.45, 7) is 0.758. The molecule has 2 rings (SSSR count). The van der Waals surface area contributed by atoms with Gasteiger partial charge in [0.2, 0.25) is 5.91 Å². The molecule has 4 heteroatoms. The smallest absolute Gasteiger partial charge is 0.220 e. The second-order valence-electron chi connectivity index (χ2n) is 5.90. The van der Waals surface area contributed by atoms with Gasteiger partial charge in [-0.1, -0.05) is 25.3 Å². The highest BCUT2D eigenvalue weighted by Gasteiger charge is 2.31. The van der Waals surface area contributed by atoms with Gasteiger partial charge in [0.1, 0.15) is 0 Å². The van der Waals surface area contributed by atoms with Crippen molar-refractivity contribution in [3.8, 4) is 0 Å². The Hall–Kier alpha value is -0.540. The number of carbonyl (C=O) groups excluding carboxylic acids is 1. The lowest BCUT2D eigenvalue weighted by atomic mass is 9.75. The van der Waals surface area contributed by atoms with Gasteiger partial charge >= 0.3 is 0 Å². The van der Waals surface area contributed by atoms with Crippen LogP contribution in [0.15, 0.2) is 17.5 Å². The number of hydrogen-bond acceptors (Lipinski definition) is 2. The van der Waals surface area contributed by atoms with Gasteiger partial charge in [0.05, 0.1) is 0 Å². The second-order valence-corrected chi connectivity index (χ2v) is 7.20. The Labute approximate surface area is 130 Å². The number of hydrogen-bond donors (Lipinski definition) is 1. The fourth-order valence-electron chi connectivity index (χ4n) is 2.91. The van der Waals surface area contributed by atoms with Crippen molar-refractivity contribution in [3.63, 3.8) is 0 Å². The van der Waals surface area contributed by atoms with E-state index in [0.717, 1.165) is 32.2 Å². The molecule has 1 amide bonds. The van der Waals surface area contributed by atoms with Gasteiger partial charge in [-0.2, -0.15) is 0 Å². The second kappa shape index (κ2) is 8.04. The molecule has 1 N–H and O–H groups in total. The van der Waals surface area contributed by atoms with Crippen LogP contribution in [0.4, 0.5) is 0 Å². The Morgan fingerprint density at radius 1 is 1.35 bits per heavy atom. The number of alkyl halides is 1. The van der Waals surface area contributed by atoms with Crippen LogP contribution in [0.2, 0.25) is 0 Å². The minimum atomic E-state index is 0.156. The third kappa shape index (κ3) is 4.78. The zero-order valence-corrected chi connectivity index (χ0v) is 13.6. The third-order valence-corrected chi connectivity index (χ3v) is 5.77. The van der Waals surface area contributed by atoms with E-state index in [0.29, 0.717) is 12.3 Å². The van der Waals surface area contributed by atoms with Crippen molar-refractivity contribution in [2.45, 2.75) is 51.4 Å². The normalized spacial score (nSPS) is 17.9. The van der Waals surface area contributed by atoms with Crippen molar-refractivity contribution in [3.05, 3.63) is 22.4 Å². The first-order chi connectivity index (χ1) is 9.74. The molecule has 0 aliphatic heterocycles. The van der Waals surface area contributed by atoms with Gasteiger partial charge in [0.25, 0.3) is 0 Å². The van der Waals surface area contributed by atoms with Crippen molar-refractivity contribution in [2.24, 2.45) is 5.41 Å². The standard InChI is InChI=1S/C16H24ClNOS/c17-12-16(9-2-1-3-10-16)13-18-15(19)8-4-6-14-7-5-11-20-14/h5,7,11H,1-4,6,8-10,12-13H2,(H,18,19). The van der Waals surface area contributed by atoms with E-state index >= 15 is 0 Å². The Morgan fingerprint density at radius 3 is 2.80 bits per heavy atom. The first-order valence-corrected chi connectivity index (χ1v) is 9.01. The summed E-state index contributed by atoms with van der Waals surface area (Å²) in [4.78, 5) is 13.3. The number of amides is 1. The molecule has 0 unspecified atom stereocenters. The lowest BCUT2D eigenvalue weighted by Crippen LogP contribution is -2.40. The van der Waals surface area contributed by atoms with E-state index < -0.39 is 0 Å². The molecule has 0 atom stereocenters. The molecular weight excluding hydrogens is 290 g/mol. The molecule has 1 fully saturated rings. The zero-order chi connectivity index (χ0) is 14.3. The van der Waals surface area contributed by atoms with Crippen LogP contribution in [0.1, 0.15) is 49.8 Å². The van der Waals surface area contributed by atoms with Crippen LogP contribution >= 0.6 is 22.9 Å². The van der Waals surface area contributed by atoms with Crippen LogP contribution in [0.5, 0.6) is 0 Å². The number of carbonyl (C=O) groups is 1. The van der Waals surface area contributed by atoms with Gasteiger partial charge in [-0.05, 0) is 37.1 Å². The summed E-state index contributed by atoms with van der Waals surface area (Å²) in [5, 5.41) is 5.19. The van der Waals surface area contributed by atoms with Crippen molar-refractivity contribution >= 4 is 28.8 Å². The summed E-state index contributed by atoms with van der Waals surface area (Å²) in [5.74, 6) is 0.847. The van der Waals surface area contributed by atoms with E-state index in [1.807, 2.05) is 0 Å². The molecule has 0 saturated heterocycles. The summed E-state index contributed by atoms with van der Waals surface area (Å²) >= 11 is 7.91. The van der Waals surface area contributed by atoms with E-state index in [1.54, 1.807) is 11.3 Å². The summed E-state index contributed by atoms with van der Waals surface area (Å²) in [6.07, 6.45) is 8.69. The number of halogens is 1. The lowest BCUT2D eigenvalue weighted by molar-refractivity contribution is -0.121. The van der Waals surface area contributed by atoms with Crippen LogP contribution in [0.25, 0.3) is 0 Å². The van der Waals surface area contributed by atoms with Crippen molar-refractivity contribution in [2.75, 3.05) is 12.4 Å². The van der Waals surface area contributed by atoms with Crippen LogP contribution in [-0.2, 0) is 11.2 Å². The number of nitrogens with one attached hydrogen (secondary N) is 1. The van der Waals surface area contributed by atoms with Crippen LogP contribution < -0.4 is 5.32 Å². The maximum Gasteiger partial charge on any atom is 0.220 e. The number of thiophene rings is 1. The molecule has 0 bridgehead atoms. The first kappa shape index (κ1) is 15.8. The van der Waals surface area contributed by atoms with Gasteiger partial charge in [0.15, 0.2) is 0 Å². The maximum atomic E-state index is 11.9. The van der Waals surface area contributed by atoms with E-state index in [4.69, 9.17) is 11.6 Å². The Bertz CT molecular complexity index is 399. The number of rotatable bonds is 7. The van der Waals surface area contributed by atoms with E-state index in [1.165, 1.54) is 24.1 Å². The number of aryl methyl sites for hydroxylation is 1. The molecule has 112 valence electrons. The highest BCUT2D eigenvalue weighted by Crippen LogP contribution is 2.36. The quantitative estimate of drug-likeness (QED) is 0.744. The molecule has 1 heterocycles. The fourth-order valence-corrected chi connectivity index (χ4v) is 4.02. The summed E-state index contributed by atoms with van der Waals surface area (Å²) in [5.41, 5.74) is 0.156. The monoisotopic (exact) mass is 313 g/mol. The predicted molar refractivity (Wildman–Crippen MR) is 86.5 cm³/mol. The predicted octanol–water partition coefficient (Wildman–Crippen LogP) is 4.38. The summed E-state index contributed by atoms with van der Waals surface area (Å²) in [7, 11) is 0. The Balaban J connectivity index is 1.66. The molecule has 2 nitrogen and oxygen atoms in total. The van der Waals surface area contributed by atoms with Gasteiger partial charge in [-0.15, -0.1) is 22.9 Å². The van der Waals surface area contributed by atoms with Gasteiger partial charge in [0, 0.05) is 29.1 Å². The Kier molecular flexibility index (Phi) is 6.37. The third-order valence-electron chi connectivity index (χ3n) is 4.27. The molecular formula is C16H24ClNOS. The zero-order valence-electron chi connectivity index (χ0n) is 12.0. The Morgan fingerprint density at radius 2 is 2.15 bits per heavy atom. The van der Waals surface area contributed by atoms with Crippen molar-refractivity contribution in [1.82, 2.24) is 5.32 Å². The topological polar surface area (TPSA) is 29.1 Å². The lowest BCUT2D eigenvalue weighted by Gasteiger charge is -2.35. The first-order valence-electron chi connectivity index (χ1n) is 7.59. The van der Waals surface area contributed by atoms with Crippen LogP contribution in [0, 0.1) is 5.41 Å². The largest absolute Gasteiger partial charge is 0.356 e. The van der Waals surface area contributed by atoms with E-state index in [-0.39, 0.29) is 11.3 Å². The molecule has 0 radical (unpaired) electrons. The fraction of sp³-hybridized carbons (Fsp3) is 0.688. The van der Waals surface area contributed by atoms with Crippen LogP contribution in [0.3, 0.4) is 0 Å². The molecule has 1 saturated carbocycles. The molecule has 0 aromatic carbocycles. The molecule has 0 spiro atoms. The highest BCUT2D eigenvalue weighted by molar-refractivity contribution is 7.09. The summed E-state index contributed by atoms with van der Waals surface area (Å²) < 4.78 is 0. The highest BCUT2D eigenvalue weighted by atomic mass is 35.5. The van der Waals surface area contributed by atoms with E-state index in [2.05, 4.69) is 22.8 Å². The van der Waals surface area contributed by atoms with Crippen molar-refractivity contribution < 1.29 is 4.79 Å². The molecule has 1 aliphatic carbocycles. The average molecular weight is 314 g/mol. The summed E-state index contributed by atoms with van der Waals surface area (Å²) in [6, 6.07) is 4.19. The molecule has 1 aromatic rings. The van der Waals surface area contributed by atoms with Crippen molar-refractivity contribution in [1.29, 1.82) is 0 Å². The minimum absolute atomic E-state index is 0.156. The SMILES string of the molecule is O=C(CCCc1cccs1)NCC1(CCl)CCCCC1. The molecule has 1 aromatic heterocycles. The molecule has 1 aliphatic rings. The minimum Gasteiger partial charge on any atom is -0.356 e. The average Bonchev–Trinajstić information content (AvgIpc) is 2.99. The maximum absolute atomic E-state index is 11.9. The molecule has 20 heavy (non-hydrogen) atoms.